The number of hydrogen-bond acceptors (Lipinski definition) is 2. The summed E-state index contributed by atoms with van der Waals surface area (Å²) in [6.07, 6.45) is 0. The normalized spacial score (nSPS) is 10.7. The second-order valence-electron chi connectivity index (χ2n) is 3.62. The van der Waals surface area contributed by atoms with Crippen LogP contribution in [0.3, 0.4) is 0 Å². The van der Waals surface area contributed by atoms with Gasteiger partial charge in [-0.25, -0.2) is 4.39 Å². The highest BCUT2D eigenvalue weighted by atomic mass is 35.5. The summed E-state index contributed by atoms with van der Waals surface area (Å²) in [4.78, 5) is 1.62. The summed E-state index contributed by atoms with van der Waals surface area (Å²) < 4.78 is 13.0. The van der Waals surface area contributed by atoms with Crippen molar-refractivity contribution >= 4 is 35.0 Å². The lowest BCUT2D eigenvalue weighted by Crippen LogP contribution is -1.89. The molecule has 2 aromatic carbocycles. The zero-order chi connectivity index (χ0) is 13.1. The van der Waals surface area contributed by atoms with E-state index in [2.05, 4.69) is 0 Å². The molecule has 1 nitrogen and oxygen atoms in total. The Kier molecular flexibility index (Phi) is 4.51. The summed E-state index contributed by atoms with van der Waals surface area (Å²) in [6, 6.07) is 9.47. The van der Waals surface area contributed by atoms with Crippen LogP contribution in [0.2, 0.25) is 10.0 Å². The zero-order valence-corrected chi connectivity index (χ0v) is 11.5. The van der Waals surface area contributed by atoms with Gasteiger partial charge in [0.25, 0.3) is 0 Å². The van der Waals surface area contributed by atoms with Crippen molar-refractivity contribution in [1.82, 2.24) is 0 Å². The second-order valence-corrected chi connectivity index (χ2v) is 5.61. The lowest BCUT2D eigenvalue weighted by molar-refractivity contribution is 0.278. The van der Waals surface area contributed by atoms with Crippen molar-refractivity contribution in [2.75, 3.05) is 0 Å². The highest BCUT2D eigenvalue weighted by Crippen LogP contribution is 2.34. The van der Waals surface area contributed by atoms with Crippen LogP contribution in [-0.2, 0) is 6.61 Å². The molecule has 0 aliphatic rings. The highest BCUT2D eigenvalue weighted by molar-refractivity contribution is 7.99. The van der Waals surface area contributed by atoms with Crippen molar-refractivity contribution in [3.05, 3.63) is 57.8 Å². The summed E-state index contributed by atoms with van der Waals surface area (Å²) in [6.45, 7) is -0.214. The topological polar surface area (TPSA) is 20.2 Å². The summed E-state index contributed by atoms with van der Waals surface area (Å²) in [5.41, 5.74) is 0.538. The van der Waals surface area contributed by atoms with Gasteiger partial charge in [0.1, 0.15) is 5.82 Å². The average molecular weight is 303 g/mol. The van der Waals surface area contributed by atoms with Gasteiger partial charge in [-0.2, -0.15) is 0 Å². The first kappa shape index (κ1) is 13.7. The van der Waals surface area contributed by atoms with Gasteiger partial charge in [0.15, 0.2) is 0 Å². The maximum atomic E-state index is 13.0. The van der Waals surface area contributed by atoms with E-state index in [9.17, 15) is 9.50 Å². The largest absolute Gasteiger partial charge is 0.392 e. The first-order valence-electron chi connectivity index (χ1n) is 5.12. The molecule has 0 aliphatic carbocycles. The van der Waals surface area contributed by atoms with Crippen molar-refractivity contribution in [3.8, 4) is 0 Å². The molecule has 0 radical (unpaired) electrons. The van der Waals surface area contributed by atoms with Gasteiger partial charge in [0.05, 0.1) is 6.61 Å². The lowest BCUT2D eigenvalue weighted by atomic mass is 10.2. The number of halogens is 3. The van der Waals surface area contributed by atoms with Crippen LogP contribution in [0.25, 0.3) is 0 Å². The molecular weight excluding hydrogens is 294 g/mol. The van der Waals surface area contributed by atoms with E-state index >= 15 is 0 Å². The molecule has 0 heterocycles. The Morgan fingerprint density at radius 3 is 2.33 bits per heavy atom. The molecule has 0 saturated heterocycles. The Hall–Kier alpha value is -0.740. The Morgan fingerprint density at radius 1 is 1.06 bits per heavy atom. The Labute approximate surface area is 119 Å². The SMILES string of the molecule is OCc1cc(F)ccc1Sc1cc(Cl)cc(Cl)c1. The van der Waals surface area contributed by atoms with Crippen molar-refractivity contribution in [3.63, 3.8) is 0 Å². The van der Waals surface area contributed by atoms with E-state index < -0.39 is 0 Å². The van der Waals surface area contributed by atoms with Crippen molar-refractivity contribution in [2.24, 2.45) is 0 Å². The van der Waals surface area contributed by atoms with Gasteiger partial charge < -0.3 is 5.11 Å². The van der Waals surface area contributed by atoms with Crippen molar-refractivity contribution in [2.45, 2.75) is 16.4 Å². The number of aliphatic hydroxyl groups is 1. The minimum atomic E-state index is -0.368. The third kappa shape index (κ3) is 3.39. The molecule has 1 N–H and O–H groups in total. The van der Waals surface area contributed by atoms with E-state index in [1.54, 1.807) is 24.3 Å². The summed E-state index contributed by atoms with van der Waals surface area (Å²) in [5, 5.41) is 10.3. The van der Waals surface area contributed by atoms with E-state index in [1.807, 2.05) is 0 Å². The average Bonchev–Trinajstić information content (AvgIpc) is 2.30. The van der Waals surface area contributed by atoms with Crippen LogP contribution in [-0.4, -0.2) is 5.11 Å². The molecule has 0 saturated carbocycles. The van der Waals surface area contributed by atoms with Gasteiger partial charge in [-0.15, -0.1) is 0 Å². The molecule has 2 aromatic rings. The highest BCUT2D eigenvalue weighted by Gasteiger charge is 2.07. The minimum Gasteiger partial charge on any atom is -0.392 e. The lowest BCUT2D eigenvalue weighted by Gasteiger charge is -2.08. The van der Waals surface area contributed by atoms with Gasteiger partial charge in [-0.3, -0.25) is 0 Å². The van der Waals surface area contributed by atoms with Crippen LogP contribution >= 0.6 is 35.0 Å². The molecule has 0 unspecified atom stereocenters. The maximum absolute atomic E-state index is 13.0. The van der Waals surface area contributed by atoms with Gasteiger partial charge in [0, 0.05) is 19.8 Å². The van der Waals surface area contributed by atoms with Crippen LogP contribution in [0.4, 0.5) is 4.39 Å². The molecule has 0 spiro atoms. The van der Waals surface area contributed by atoms with Crippen LogP contribution in [0.15, 0.2) is 46.2 Å². The Bertz CT molecular complexity index is 555. The molecule has 0 fully saturated rings. The molecular formula is C13H9Cl2FOS. The smallest absolute Gasteiger partial charge is 0.123 e. The Morgan fingerprint density at radius 2 is 1.72 bits per heavy atom. The van der Waals surface area contributed by atoms with Crippen molar-refractivity contribution in [1.29, 1.82) is 0 Å². The van der Waals surface area contributed by atoms with Crippen molar-refractivity contribution < 1.29 is 9.50 Å². The minimum absolute atomic E-state index is 0.214. The van der Waals surface area contributed by atoms with Crippen LogP contribution in [0.5, 0.6) is 0 Å². The van der Waals surface area contributed by atoms with E-state index in [0.29, 0.717) is 15.6 Å². The van der Waals surface area contributed by atoms with Crippen LogP contribution in [0, 0.1) is 5.82 Å². The van der Waals surface area contributed by atoms with E-state index in [0.717, 1.165) is 9.79 Å². The van der Waals surface area contributed by atoms with Gasteiger partial charge >= 0.3 is 0 Å². The van der Waals surface area contributed by atoms with E-state index in [4.69, 9.17) is 23.2 Å². The third-order valence-electron chi connectivity index (χ3n) is 2.26. The number of aliphatic hydroxyl groups excluding tert-OH is 1. The first-order chi connectivity index (χ1) is 8.58. The van der Waals surface area contributed by atoms with E-state index in [1.165, 1.54) is 23.9 Å². The first-order valence-corrected chi connectivity index (χ1v) is 6.69. The number of benzene rings is 2. The molecule has 18 heavy (non-hydrogen) atoms. The molecule has 2 rings (SSSR count). The summed E-state index contributed by atoms with van der Waals surface area (Å²) in [7, 11) is 0. The fourth-order valence-corrected chi connectivity index (χ4v) is 3.16. The number of hydrogen-bond donors (Lipinski definition) is 1. The zero-order valence-electron chi connectivity index (χ0n) is 9.16. The predicted molar refractivity (Wildman–Crippen MR) is 72.9 cm³/mol. The summed E-state index contributed by atoms with van der Waals surface area (Å²) in [5.74, 6) is -0.368. The molecule has 94 valence electrons. The van der Waals surface area contributed by atoms with E-state index in [-0.39, 0.29) is 12.4 Å². The van der Waals surface area contributed by atoms with Crippen LogP contribution < -0.4 is 0 Å². The summed E-state index contributed by atoms with van der Waals surface area (Å²) >= 11 is 13.2. The number of rotatable bonds is 3. The van der Waals surface area contributed by atoms with Crippen LogP contribution in [0.1, 0.15) is 5.56 Å². The molecule has 0 atom stereocenters. The monoisotopic (exact) mass is 302 g/mol. The second kappa shape index (κ2) is 5.93. The van der Waals surface area contributed by atoms with Gasteiger partial charge in [-0.1, -0.05) is 35.0 Å². The Balaban J connectivity index is 2.33. The van der Waals surface area contributed by atoms with Gasteiger partial charge in [0.2, 0.25) is 0 Å². The molecule has 0 aliphatic heterocycles. The molecule has 0 aromatic heterocycles. The van der Waals surface area contributed by atoms with Gasteiger partial charge in [-0.05, 0) is 42.0 Å². The fourth-order valence-electron chi connectivity index (χ4n) is 1.49. The predicted octanol–water partition coefficient (Wildman–Crippen LogP) is 4.78. The fraction of sp³-hybridized carbons (Fsp3) is 0.0769. The molecule has 0 amide bonds. The third-order valence-corrected chi connectivity index (χ3v) is 3.78. The standard InChI is InChI=1S/C13H9Cl2FOS/c14-9-4-10(15)6-12(5-9)18-13-2-1-11(16)3-8(13)7-17/h1-6,17H,7H2. The quantitative estimate of drug-likeness (QED) is 0.881. The maximum Gasteiger partial charge on any atom is 0.123 e. The molecule has 0 bridgehead atoms. The molecule has 5 heteroatoms.